The summed E-state index contributed by atoms with van der Waals surface area (Å²) in [5.41, 5.74) is -0.628. The van der Waals surface area contributed by atoms with Crippen LogP contribution in [-0.2, 0) is 10.0 Å². The number of sulfonamides is 1. The fourth-order valence-electron chi connectivity index (χ4n) is 4.55. The van der Waals surface area contributed by atoms with E-state index < -0.39 is 32.5 Å². The van der Waals surface area contributed by atoms with Gasteiger partial charge in [0, 0.05) is 12.2 Å². The minimum absolute atomic E-state index is 0.0381. The lowest BCUT2D eigenvalue weighted by atomic mass is 9.96. The van der Waals surface area contributed by atoms with Gasteiger partial charge < -0.3 is 9.88 Å². The SMILES string of the molecule is Bc1ccc(Nc2c(NS(=O)(=O)C3CCCC3)cn(C3CCCC3)c(=O)c2F)c(F)c1. The lowest BCUT2D eigenvalue weighted by Crippen LogP contribution is -2.30. The summed E-state index contributed by atoms with van der Waals surface area (Å²) in [7, 11) is -2.06. The number of aromatic nitrogens is 1. The second-order valence-corrected chi connectivity index (χ2v) is 10.5. The molecule has 1 aromatic carbocycles. The van der Waals surface area contributed by atoms with Crippen LogP contribution in [0.4, 0.5) is 25.8 Å². The molecule has 0 aliphatic heterocycles. The summed E-state index contributed by atoms with van der Waals surface area (Å²) in [5, 5.41) is 2.05. The standard InChI is InChI=1S/C21H26BF2N3O3S/c22-13-9-10-17(16(23)11-13)25-20-18(26-31(29,30)15-7-3-4-8-15)12-27(21(28)19(20)24)14-5-1-2-6-14/h9-12,14-15,25-26H,1-8,22H2. The lowest BCUT2D eigenvalue weighted by molar-refractivity contribution is 0.479. The molecule has 0 saturated heterocycles. The van der Waals surface area contributed by atoms with E-state index in [1.165, 1.54) is 22.9 Å². The van der Waals surface area contributed by atoms with Crippen LogP contribution < -0.4 is 21.1 Å². The molecule has 31 heavy (non-hydrogen) atoms. The van der Waals surface area contributed by atoms with Gasteiger partial charge in [0.1, 0.15) is 19.4 Å². The van der Waals surface area contributed by atoms with E-state index in [4.69, 9.17) is 0 Å². The minimum atomic E-state index is -3.78. The summed E-state index contributed by atoms with van der Waals surface area (Å²) in [6.45, 7) is 0. The highest BCUT2D eigenvalue weighted by Gasteiger charge is 2.31. The van der Waals surface area contributed by atoms with Crippen molar-refractivity contribution in [2.24, 2.45) is 0 Å². The van der Waals surface area contributed by atoms with E-state index in [1.54, 1.807) is 13.9 Å². The van der Waals surface area contributed by atoms with Gasteiger partial charge in [0.25, 0.3) is 5.56 Å². The number of hydrogen-bond donors (Lipinski definition) is 2. The summed E-state index contributed by atoms with van der Waals surface area (Å²) in [4.78, 5) is 12.8. The van der Waals surface area contributed by atoms with Gasteiger partial charge in [-0.2, -0.15) is 4.39 Å². The molecule has 0 spiro atoms. The Bertz CT molecular complexity index is 1140. The number of anilines is 3. The van der Waals surface area contributed by atoms with E-state index in [1.807, 2.05) is 0 Å². The predicted molar refractivity (Wildman–Crippen MR) is 121 cm³/mol. The third-order valence-electron chi connectivity index (χ3n) is 6.27. The van der Waals surface area contributed by atoms with Crippen LogP contribution in [0.1, 0.15) is 57.4 Å². The zero-order valence-corrected chi connectivity index (χ0v) is 18.3. The van der Waals surface area contributed by atoms with Crippen LogP contribution in [0.15, 0.2) is 29.2 Å². The molecule has 0 bridgehead atoms. The number of nitrogens with zero attached hydrogens (tertiary/aromatic N) is 1. The van der Waals surface area contributed by atoms with Crippen LogP contribution in [0, 0.1) is 11.6 Å². The van der Waals surface area contributed by atoms with Crippen molar-refractivity contribution in [1.29, 1.82) is 0 Å². The van der Waals surface area contributed by atoms with Crippen LogP contribution in [0.3, 0.4) is 0 Å². The van der Waals surface area contributed by atoms with E-state index in [0.29, 0.717) is 18.3 Å². The first-order chi connectivity index (χ1) is 14.8. The molecular weight excluding hydrogens is 423 g/mol. The van der Waals surface area contributed by atoms with Gasteiger partial charge in [-0.05, 0) is 37.8 Å². The van der Waals surface area contributed by atoms with Gasteiger partial charge in [-0.3, -0.25) is 9.52 Å². The van der Waals surface area contributed by atoms with Gasteiger partial charge >= 0.3 is 0 Å². The quantitative estimate of drug-likeness (QED) is 0.665. The zero-order valence-electron chi connectivity index (χ0n) is 17.5. The Morgan fingerprint density at radius 2 is 1.65 bits per heavy atom. The minimum Gasteiger partial charge on any atom is -0.349 e. The molecule has 2 N–H and O–H groups in total. The van der Waals surface area contributed by atoms with Crippen LogP contribution in [-0.4, -0.2) is 26.1 Å². The number of hydrogen-bond acceptors (Lipinski definition) is 4. The van der Waals surface area contributed by atoms with Crippen molar-refractivity contribution < 1.29 is 17.2 Å². The molecule has 2 aliphatic rings. The van der Waals surface area contributed by atoms with Crippen molar-refractivity contribution in [2.45, 2.75) is 62.7 Å². The highest BCUT2D eigenvalue weighted by Crippen LogP contribution is 2.35. The predicted octanol–water partition coefficient (Wildman–Crippen LogP) is 2.93. The van der Waals surface area contributed by atoms with Gasteiger partial charge in [-0.1, -0.05) is 37.2 Å². The second-order valence-electron chi connectivity index (χ2n) is 8.54. The molecule has 2 saturated carbocycles. The molecule has 6 nitrogen and oxygen atoms in total. The van der Waals surface area contributed by atoms with E-state index in [-0.39, 0.29) is 23.1 Å². The number of nitrogens with one attached hydrogen (secondary N) is 2. The van der Waals surface area contributed by atoms with Crippen molar-refractivity contribution in [3.8, 4) is 0 Å². The average Bonchev–Trinajstić information content (AvgIpc) is 3.43. The van der Waals surface area contributed by atoms with Crippen LogP contribution >= 0.6 is 0 Å². The molecule has 4 rings (SSSR count). The second kappa shape index (κ2) is 8.65. The third kappa shape index (κ3) is 4.49. The summed E-state index contributed by atoms with van der Waals surface area (Å²) < 4.78 is 59.3. The topological polar surface area (TPSA) is 80.2 Å². The number of rotatable bonds is 6. The van der Waals surface area contributed by atoms with Crippen molar-refractivity contribution in [2.75, 3.05) is 10.0 Å². The van der Waals surface area contributed by atoms with Crippen molar-refractivity contribution in [1.82, 2.24) is 4.57 Å². The number of pyridine rings is 1. The average molecular weight is 449 g/mol. The van der Waals surface area contributed by atoms with Gasteiger partial charge in [0.2, 0.25) is 15.8 Å². The Morgan fingerprint density at radius 3 is 2.29 bits per heavy atom. The maximum atomic E-state index is 15.3. The highest BCUT2D eigenvalue weighted by atomic mass is 32.2. The molecule has 1 heterocycles. The Balaban J connectivity index is 1.79. The lowest BCUT2D eigenvalue weighted by Gasteiger charge is -2.21. The molecule has 2 aromatic rings. The Morgan fingerprint density at radius 1 is 1.00 bits per heavy atom. The largest absolute Gasteiger partial charge is 0.349 e. The summed E-state index contributed by atoms with van der Waals surface area (Å²) in [6.07, 6.45) is 7.39. The van der Waals surface area contributed by atoms with Gasteiger partial charge in [-0.25, -0.2) is 12.8 Å². The molecular formula is C21H26BF2N3O3S. The fraction of sp³-hybridized carbons (Fsp3) is 0.476. The maximum absolute atomic E-state index is 15.3. The molecule has 2 aliphatic carbocycles. The van der Waals surface area contributed by atoms with E-state index >= 15 is 4.39 Å². The monoisotopic (exact) mass is 449 g/mol. The summed E-state index contributed by atoms with van der Waals surface area (Å²) in [6, 6.07) is 4.18. The molecule has 10 heteroatoms. The van der Waals surface area contributed by atoms with E-state index in [2.05, 4.69) is 10.0 Å². The summed E-state index contributed by atoms with van der Waals surface area (Å²) >= 11 is 0. The van der Waals surface area contributed by atoms with Crippen molar-refractivity contribution >= 4 is 40.4 Å². The molecule has 0 radical (unpaired) electrons. The van der Waals surface area contributed by atoms with Crippen molar-refractivity contribution in [3.63, 3.8) is 0 Å². The Labute approximate surface area is 181 Å². The third-order valence-corrected chi connectivity index (χ3v) is 8.13. The summed E-state index contributed by atoms with van der Waals surface area (Å²) in [5.74, 6) is -1.75. The van der Waals surface area contributed by atoms with Gasteiger partial charge in [0.15, 0.2) is 0 Å². The molecule has 0 unspecified atom stereocenters. The van der Waals surface area contributed by atoms with Gasteiger partial charge in [0.05, 0.1) is 16.6 Å². The maximum Gasteiger partial charge on any atom is 0.289 e. The Kier molecular flexibility index (Phi) is 6.10. The fourth-order valence-corrected chi connectivity index (χ4v) is 6.13. The number of benzene rings is 1. The van der Waals surface area contributed by atoms with E-state index in [0.717, 1.165) is 38.5 Å². The molecule has 0 amide bonds. The highest BCUT2D eigenvalue weighted by molar-refractivity contribution is 7.93. The van der Waals surface area contributed by atoms with Crippen molar-refractivity contribution in [3.05, 3.63) is 46.4 Å². The van der Waals surface area contributed by atoms with Crippen LogP contribution in [0.25, 0.3) is 0 Å². The van der Waals surface area contributed by atoms with E-state index in [9.17, 15) is 17.6 Å². The normalized spacial score (nSPS) is 17.9. The number of halogens is 2. The first kappa shape index (κ1) is 21.9. The first-order valence-corrected chi connectivity index (χ1v) is 12.3. The van der Waals surface area contributed by atoms with Gasteiger partial charge in [-0.15, -0.1) is 0 Å². The van der Waals surface area contributed by atoms with Crippen LogP contribution in [0.5, 0.6) is 0 Å². The zero-order chi connectivity index (χ0) is 22.2. The smallest absolute Gasteiger partial charge is 0.289 e. The first-order valence-electron chi connectivity index (χ1n) is 10.8. The molecule has 2 fully saturated rings. The molecule has 1 aromatic heterocycles. The molecule has 166 valence electrons. The van der Waals surface area contributed by atoms with Crippen LogP contribution in [0.2, 0.25) is 0 Å². The Hall–Kier alpha value is -2.36. The molecule has 0 atom stereocenters.